The van der Waals surface area contributed by atoms with Gasteiger partial charge >= 0.3 is 0 Å². The fourth-order valence-electron chi connectivity index (χ4n) is 3.33. The molecule has 20 heavy (non-hydrogen) atoms. The van der Waals surface area contributed by atoms with Crippen molar-refractivity contribution in [3.8, 4) is 0 Å². The Hall–Kier alpha value is -1.51. The molecule has 1 aromatic rings. The SMILES string of the molecule is CCC1CCN(C(=O)c2ccc3c(c2)CCCN3)CC1. The van der Waals surface area contributed by atoms with Crippen molar-refractivity contribution in [2.75, 3.05) is 25.0 Å². The van der Waals surface area contributed by atoms with Crippen LogP contribution in [0.2, 0.25) is 0 Å². The maximum atomic E-state index is 12.6. The third kappa shape index (κ3) is 2.67. The minimum Gasteiger partial charge on any atom is -0.385 e. The van der Waals surface area contributed by atoms with E-state index in [0.717, 1.165) is 56.8 Å². The van der Waals surface area contributed by atoms with Crippen LogP contribution >= 0.6 is 0 Å². The minimum absolute atomic E-state index is 0.216. The van der Waals surface area contributed by atoms with Gasteiger partial charge < -0.3 is 10.2 Å². The van der Waals surface area contributed by atoms with Crippen LogP contribution in [-0.4, -0.2) is 30.4 Å². The summed E-state index contributed by atoms with van der Waals surface area (Å²) >= 11 is 0. The highest BCUT2D eigenvalue weighted by atomic mass is 16.2. The Bertz CT molecular complexity index is 490. The molecule has 3 nitrogen and oxygen atoms in total. The average molecular weight is 272 g/mol. The van der Waals surface area contributed by atoms with Crippen molar-refractivity contribution >= 4 is 11.6 Å². The topological polar surface area (TPSA) is 32.3 Å². The van der Waals surface area contributed by atoms with Gasteiger partial charge in [0.25, 0.3) is 5.91 Å². The van der Waals surface area contributed by atoms with E-state index in [4.69, 9.17) is 0 Å². The molecule has 0 radical (unpaired) electrons. The van der Waals surface area contributed by atoms with Crippen molar-refractivity contribution in [1.29, 1.82) is 0 Å². The molecule has 0 aromatic heterocycles. The molecule has 1 fully saturated rings. The van der Waals surface area contributed by atoms with Gasteiger partial charge in [-0.15, -0.1) is 0 Å². The van der Waals surface area contributed by atoms with Crippen LogP contribution in [0, 0.1) is 5.92 Å². The van der Waals surface area contributed by atoms with Gasteiger partial charge in [-0.2, -0.15) is 0 Å². The van der Waals surface area contributed by atoms with Crippen LogP contribution in [0.25, 0.3) is 0 Å². The number of likely N-dealkylation sites (tertiary alicyclic amines) is 1. The molecule has 0 spiro atoms. The number of piperidine rings is 1. The zero-order valence-corrected chi connectivity index (χ0v) is 12.3. The fourth-order valence-corrected chi connectivity index (χ4v) is 3.33. The van der Waals surface area contributed by atoms with Gasteiger partial charge in [-0.05, 0) is 55.4 Å². The number of rotatable bonds is 2. The van der Waals surface area contributed by atoms with Crippen LogP contribution in [-0.2, 0) is 6.42 Å². The lowest BCUT2D eigenvalue weighted by molar-refractivity contribution is 0.0688. The van der Waals surface area contributed by atoms with Crippen LogP contribution in [0.4, 0.5) is 5.69 Å². The highest BCUT2D eigenvalue weighted by Gasteiger charge is 2.23. The third-order valence-electron chi connectivity index (χ3n) is 4.77. The van der Waals surface area contributed by atoms with E-state index in [1.165, 1.54) is 17.7 Å². The number of carbonyl (C=O) groups excluding carboxylic acids is 1. The molecule has 3 rings (SSSR count). The number of carbonyl (C=O) groups is 1. The Morgan fingerprint density at radius 1 is 1.35 bits per heavy atom. The Balaban J connectivity index is 1.71. The summed E-state index contributed by atoms with van der Waals surface area (Å²) in [5, 5.41) is 3.40. The lowest BCUT2D eigenvalue weighted by Crippen LogP contribution is -2.38. The van der Waals surface area contributed by atoms with Crippen LogP contribution < -0.4 is 5.32 Å². The third-order valence-corrected chi connectivity index (χ3v) is 4.77. The normalized spacial score (nSPS) is 19.4. The fraction of sp³-hybridized carbons (Fsp3) is 0.588. The number of fused-ring (bicyclic) bond motifs is 1. The summed E-state index contributed by atoms with van der Waals surface area (Å²) in [5.74, 6) is 1.03. The molecule has 2 aliphatic rings. The van der Waals surface area contributed by atoms with E-state index in [-0.39, 0.29) is 5.91 Å². The van der Waals surface area contributed by atoms with E-state index >= 15 is 0 Å². The van der Waals surface area contributed by atoms with E-state index in [1.807, 2.05) is 11.0 Å². The van der Waals surface area contributed by atoms with Gasteiger partial charge in [0.15, 0.2) is 0 Å². The second-order valence-electron chi connectivity index (χ2n) is 6.05. The van der Waals surface area contributed by atoms with E-state index in [0.29, 0.717) is 0 Å². The van der Waals surface area contributed by atoms with Crippen LogP contribution in [0.15, 0.2) is 18.2 Å². The average Bonchev–Trinajstić information content (AvgIpc) is 2.54. The molecule has 0 atom stereocenters. The number of hydrogen-bond acceptors (Lipinski definition) is 2. The van der Waals surface area contributed by atoms with Gasteiger partial charge in [0.05, 0.1) is 0 Å². The van der Waals surface area contributed by atoms with Crippen molar-refractivity contribution in [1.82, 2.24) is 4.90 Å². The highest BCUT2D eigenvalue weighted by Crippen LogP contribution is 2.25. The first-order chi connectivity index (χ1) is 9.78. The second-order valence-corrected chi connectivity index (χ2v) is 6.05. The van der Waals surface area contributed by atoms with E-state index in [1.54, 1.807) is 0 Å². The predicted octanol–water partition coefficient (Wildman–Crippen LogP) is 3.31. The second kappa shape index (κ2) is 5.86. The lowest BCUT2D eigenvalue weighted by atomic mass is 9.93. The standard InChI is InChI=1S/C17H24N2O/c1-2-13-7-10-19(11-8-13)17(20)15-5-6-16-14(12-15)4-3-9-18-16/h5-6,12-13,18H,2-4,7-11H2,1H3. The number of hydrogen-bond donors (Lipinski definition) is 1. The molecule has 108 valence electrons. The zero-order valence-electron chi connectivity index (χ0n) is 12.3. The van der Waals surface area contributed by atoms with Gasteiger partial charge in [-0.1, -0.05) is 13.3 Å². The number of nitrogens with zero attached hydrogens (tertiary/aromatic N) is 1. The molecular formula is C17H24N2O. The molecule has 1 aromatic carbocycles. The predicted molar refractivity (Wildman–Crippen MR) is 82.2 cm³/mol. The first-order valence-electron chi connectivity index (χ1n) is 7.94. The van der Waals surface area contributed by atoms with E-state index < -0.39 is 0 Å². The van der Waals surface area contributed by atoms with Crippen molar-refractivity contribution < 1.29 is 4.79 Å². The molecular weight excluding hydrogens is 248 g/mol. The molecule has 1 amide bonds. The molecule has 0 bridgehead atoms. The lowest BCUT2D eigenvalue weighted by Gasteiger charge is -2.32. The van der Waals surface area contributed by atoms with E-state index in [2.05, 4.69) is 24.4 Å². The molecule has 2 heterocycles. The maximum absolute atomic E-state index is 12.6. The summed E-state index contributed by atoms with van der Waals surface area (Å²) < 4.78 is 0. The largest absolute Gasteiger partial charge is 0.385 e. The van der Waals surface area contributed by atoms with Crippen molar-refractivity contribution in [3.05, 3.63) is 29.3 Å². The quantitative estimate of drug-likeness (QED) is 0.896. The number of aryl methyl sites for hydroxylation is 1. The van der Waals surface area contributed by atoms with Crippen LogP contribution in [0.3, 0.4) is 0 Å². The Morgan fingerprint density at radius 3 is 2.90 bits per heavy atom. The van der Waals surface area contributed by atoms with E-state index in [9.17, 15) is 4.79 Å². The maximum Gasteiger partial charge on any atom is 0.253 e. The smallest absolute Gasteiger partial charge is 0.253 e. The Kier molecular flexibility index (Phi) is 3.95. The minimum atomic E-state index is 0.216. The van der Waals surface area contributed by atoms with Gasteiger partial charge in [-0.3, -0.25) is 4.79 Å². The molecule has 0 aliphatic carbocycles. The van der Waals surface area contributed by atoms with Gasteiger partial charge in [0.1, 0.15) is 0 Å². The molecule has 3 heteroatoms. The number of amides is 1. The Labute approximate surface area is 121 Å². The van der Waals surface area contributed by atoms with Crippen molar-refractivity contribution in [2.24, 2.45) is 5.92 Å². The van der Waals surface area contributed by atoms with Crippen molar-refractivity contribution in [3.63, 3.8) is 0 Å². The molecule has 0 unspecified atom stereocenters. The number of nitrogens with one attached hydrogen (secondary N) is 1. The summed E-state index contributed by atoms with van der Waals surface area (Å²) in [5.41, 5.74) is 3.37. The summed E-state index contributed by atoms with van der Waals surface area (Å²) in [4.78, 5) is 14.6. The summed E-state index contributed by atoms with van der Waals surface area (Å²) in [6.07, 6.45) is 5.81. The summed E-state index contributed by atoms with van der Waals surface area (Å²) in [6, 6.07) is 6.14. The zero-order chi connectivity index (χ0) is 13.9. The molecule has 2 aliphatic heterocycles. The summed E-state index contributed by atoms with van der Waals surface area (Å²) in [7, 11) is 0. The first-order valence-corrected chi connectivity index (χ1v) is 7.94. The van der Waals surface area contributed by atoms with Crippen molar-refractivity contribution in [2.45, 2.75) is 39.0 Å². The Morgan fingerprint density at radius 2 is 2.15 bits per heavy atom. The monoisotopic (exact) mass is 272 g/mol. The van der Waals surface area contributed by atoms with Gasteiger partial charge in [0.2, 0.25) is 0 Å². The van der Waals surface area contributed by atoms with Gasteiger partial charge in [0, 0.05) is 30.9 Å². The first kappa shape index (κ1) is 13.5. The molecule has 1 N–H and O–H groups in total. The highest BCUT2D eigenvalue weighted by molar-refractivity contribution is 5.95. The summed E-state index contributed by atoms with van der Waals surface area (Å²) in [6.45, 7) is 5.14. The number of anilines is 1. The number of benzene rings is 1. The van der Waals surface area contributed by atoms with Crippen LogP contribution in [0.1, 0.15) is 48.5 Å². The van der Waals surface area contributed by atoms with Crippen LogP contribution in [0.5, 0.6) is 0 Å². The molecule has 1 saturated heterocycles. The molecule has 0 saturated carbocycles. The van der Waals surface area contributed by atoms with Gasteiger partial charge in [-0.25, -0.2) is 0 Å².